The van der Waals surface area contributed by atoms with Crippen molar-refractivity contribution in [2.24, 2.45) is 0 Å². The van der Waals surface area contributed by atoms with Crippen molar-refractivity contribution < 1.29 is 0 Å². The van der Waals surface area contributed by atoms with Crippen LogP contribution in [0, 0.1) is 0 Å². The highest BCUT2D eigenvalue weighted by Crippen LogP contribution is 2.31. The molecule has 2 saturated heterocycles. The average molecular weight is 251 g/mol. The maximum Gasteiger partial charge on any atom is 0.0972 e. The van der Waals surface area contributed by atoms with Gasteiger partial charge in [0.05, 0.1) is 10.7 Å². The lowest BCUT2D eigenvalue weighted by Gasteiger charge is -2.20. The maximum absolute atomic E-state index is 4.90. The number of nitrogens with zero attached hydrogens (tertiary/aromatic N) is 2. The minimum Gasteiger partial charge on any atom is -0.316 e. The molecule has 1 aromatic heterocycles. The predicted octanol–water partition coefficient (Wildman–Crippen LogP) is 2.03. The maximum atomic E-state index is 4.90. The Morgan fingerprint density at radius 2 is 2.35 bits per heavy atom. The number of likely N-dealkylation sites (N-methyl/N-ethyl adjacent to an activating group) is 1. The van der Waals surface area contributed by atoms with Crippen molar-refractivity contribution in [2.45, 2.75) is 31.1 Å². The zero-order valence-electron chi connectivity index (χ0n) is 10.5. The van der Waals surface area contributed by atoms with Crippen LogP contribution in [0.5, 0.6) is 0 Å². The van der Waals surface area contributed by atoms with Gasteiger partial charge in [0.1, 0.15) is 0 Å². The van der Waals surface area contributed by atoms with Gasteiger partial charge in [-0.1, -0.05) is 0 Å². The van der Waals surface area contributed by atoms with Crippen molar-refractivity contribution in [1.29, 1.82) is 0 Å². The van der Waals surface area contributed by atoms with E-state index in [2.05, 4.69) is 22.6 Å². The van der Waals surface area contributed by atoms with Gasteiger partial charge in [0.25, 0.3) is 0 Å². The monoisotopic (exact) mass is 251 g/mol. The van der Waals surface area contributed by atoms with Crippen LogP contribution >= 0.6 is 11.3 Å². The van der Waals surface area contributed by atoms with Crippen LogP contribution in [0.1, 0.15) is 41.8 Å². The Morgan fingerprint density at radius 1 is 1.41 bits per heavy atom. The van der Waals surface area contributed by atoms with Crippen molar-refractivity contribution in [3.05, 3.63) is 16.1 Å². The Labute approximate surface area is 107 Å². The Hall–Kier alpha value is -0.450. The van der Waals surface area contributed by atoms with Crippen LogP contribution in [0.2, 0.25) is 0 Å². The van der Waals surface area contributed by atoms with E-state index in [1.54, 1.807) is 0 Å². The van der Waals surface area contributed by atoms with Gasteiger partial charge < -0.3 is 10.2 Å². The number of piperidine rings is 1. The Morgan fingerprint density at radius 3 is 3.06 bits per heavy atom. The van der Waals surface area contributed by atoms with Crippen LogP contribution < -0.4 is 5.32 Å². The molecule has 0 bridgehead atoms. The van der Waals surface area contributed by atoms with E-state index in [1.807, 2.05) is 11.3 Å². The molecule has 17 heavy (non-hydrogen) atoms. The first kappa shape index (κ1) is 11.6. The number of hydrogen-bond donors (Lipinski definition) is 1. The van der Waals surface area contributed by atoms with Crippen molar-refractivity contribution in [1.82, 2.24) is 15.2 Å². The molecule has 94 valence electrons. The summed E-state index contributed by atoms with van der Waals surface area (Å²) in [5, 5.41) is 7.14. The molecule has 0 aliphatic carbocycles. The van der Waals surface area contributed by atoms with Crippen LogP contribution in [0.3, 0.4) is 0 Å². The van der Waals surface area contributed by atoms with Crippen molar-refractivity contribution in [3.8, 4) is 0 Å². The Balaban J connectivity index is 1.69. The van der Waals surface area contributed by atoms with Gasteiger partial charge in [-0.2, -0.15) is 0 Å². The first-order valence-corrected chi connectivity index (χ1v) is 7.55. The molecule has 0 aromatic carbocycles. The number of hydrogen-bond acceptors (Lipinski definition) is 4. The third kappa shape index (κ3) is 2.54. The highest BCUT2D eigenvalue weighted by molar-refractivity contribution is 7.09. The molecule has 3 heterocycles. The van der Waals surface area contributed by atoms with Gasteiger partial charge in [0.15, 0.2) is 0 Å². The molecule has 3 nitrogen and oxygen atoms in total. The minimum absolute atomic E-state index is 0.668. The number of nitrogens with one attached hydrogen (secondary N) is 1. The molecular formula is C13H21N3S. The molecule has 0 spiro atoms. The molecule has 2 atom stereocenters. The smallest absolute Gasteiger partial charge is 0.0972 e. The Bertz CT molecular complexity index is 351. The van der Waals surface area contributed by atoms with Gasteiger partial charge in [-0.05, 0) is 39.4 Å². The van der Waals surface area contributed by atoms with Crippen LogP contribution in [0.4, 0.5) is 0 Å². The lowest BCUT2D eigenvalue weighted by Crippen LogP contribution is -2.28. The summed E-state index contributed by atoms with van der Waals surface area (Å²) in [6.07, 6.45) is 3.89. The highest BCUT2D eigenvalue weighted by Gasteiger charge is 2.25. The van der Waals surface area contributed by atoms with Gasteiger partial charge in [0, 0.05) is 30.3 Å². The second kappa shape index (κ2) is 5.04. The molecule has 1 aromatic rings. The summed E-state index contributed by atoms with van der Waals surface area (Å²) in [4.78, 5) is 7.31. The average Bonchev–Trinajstić information content (AvgIpc) is 2.98. The molecule has 2 unspecified atom stereocenters. The minimum atomic E-state index is 0.668. The van der Waals surface area contributed by atoms with Crippen LogP contribution in [0.15, 0.2) is 5.38 Å². The number of aromatic nitrogens is 1. The highest BCUT2D eigenvalue weighted by atomic mass is 32.1. The number of likely N-dealkylation sites (tertiary alicyclic amines) is 1. The fourth-order valence-corrected chi connectivity index (χ4v) is 3.95. The molecule has 0 radical (unpaired) electrons. The third-order valence-corrected chi connectivity index (χ3v) is 5.02. The molecule has 1 N–H and O–H groups in total. The molecule has 3 rings (SSSR count). The van der Waals surface area contributed by atoms with E-state index in [4.69, 9.17) is 4.98 Å². The Kier molecular flexibility index (Phi) is 3.45. The quantitative estimate of drug-likeness (QED) is 0.872. The molecule has 2 aliphatic rings. The van der Waals surface area contributed by atoms with E-state index in [-0.39, 0.29) is 0 Å². The van der Waals surface area contributed by atoms with Crippen LogP contribution in [0.25, 0.3) is 0 Å². The van der Waals surface area contributed by atoms with Crippen molar-refractivity contribution in [3.63, 3.8) is 0 Å². The molecular weight excluding hydrogens is 230 g/mol. The summed E-state index contributed by atoms with van der Waals surface area (Å²) in [6, 6.07) is 0. The third-order valence-electron chi connectivity index (χ3n) is 4.00. The van der Waals surface area contributed by atoms with Crippen LogP contribution in [-0.4, -0.2) is 43.1 Å². The van der Waals surface area contributed by atoms with Gasteiger partial charge in [0.2, 0.25) is 0 Å². The summed E-state index contributed by atoms with van der Waals surface area (Å²) in [5.41, 5.74) is 1.35. The summed E-state index contributed by atoms with van der Waals surface area (Å²) in [7, 11) is 2.21. The fraction of sp³-hybridized carbons (Fsp3) is 0.769. The van der Waals surface area contributed by atoms with E-state index < -0.39 is 0 Å². The van der Waals surface area contributed by atoms with E-state index >= 15 is 0 Å². The predicted molar refractivity (Wildman–Crippen MR) is 71.8 cm³/mol. The van der Waals surface area contributed by atoms with E-state index in [9.17, 15) is 0 Å². The summed E-state index contributed by atoms with van der Waals surface area (Å²) in [6.45, 7) is 4.72. The first-order valence-electron chi connectivity index (χ1n) is 6.67. The molecule has 2 fully saturated rings. The first-order chi connectivity index (χ1) is 8.33. The van der Waals surface area contributed by atoms with E-state index in [1.165, 1.54) is 49.6 Å². The lowest BCUT2D eigenvalue weighted by molar-refractivity contribution is 0.410. The second-order valence-electron chi connectivity index (χ2n) is 5.40. The van der Waals surface area contributed by atoms with Crippen LogP contribution in [-0.2, 0) is 0 Å². The standard InChI is InChI=1S/C13H21N3S/c1-16-6-4-11(8-16)12-9-17-13(15-12)10-3-2-5-14-7-10/h9-11,14H,2-8H2,1H3. The van der Waals surface area contributed by atoms with Gasteiger partial charge in [-0.3, -0.25) is 0 Å². The topological polar surface area (TPSA) is 28.2 Å². The fourth-order valence-electron chi connectivity index (χ4n) is 2.91. The van der Waals surface area contributed by atoms with Crippen molar-refractivity contribution >= 4 is 11.3 Å². The molecule has 0 amide bonds. The SMILES string of the molecule is CN1CCC(c2csc(C3CCCNC3)n2)C1. The normalized spacial score (nSPS) is 30.9. The van der Waals surface area contributed by atoms with Crippen molar-refractivity contribution in [2.75, 3.05) is 33.2 Å². The van der Waals surface area contributed by atoms with Gasteiger partial charge in [-0.15, -0.1) is 11.3 Å². The summed E-state index contributed by atoms with van der Waals surface area (Å²) in [5.74, 6) is 1.35. The largest absolute Gasteiger partial charge is 0.316 e. The second-order valence-corrected chi connectivity index (χ2v) is 6.29. The summed E-state index contributed by atoms with van der Waals surface area (Å²) >= 11 is 1.87. The van der Waals surface area contributed by atoms with E-state index in [0.717, 1.165) is 6.54 Å². The zero-order chi connectivity index (χ0) is 11.7. The lowest BCUT2D eigenvalue weighted by atomic mass is 10.0. The molecule has 0 saturated carbocycles. The van der Waals surface area contributed by atoms with E-state index in [0.29, 0.717) is 11.8 Å². The molecule has 2 aliphatic heterocycles. The van der Waals surface area contributed by atoms with Gasteiger partial charge in [-0.25, -0.2) is 4.98 Å². The number of thiazole rings is 1. The number of rotatable bonds is 2. The molecule has 4 heteroatoms. The summed E-state index contributed by atoms with van der Waals surface area (Å²) < 4.78 is 0. The van der Waals surface area contributed by atoms with Gasteiger partial charge >= 0.3 is 0 Å². The zero-order valence-corrected chi connectivity index (χ0v) is 11.3.